The number of hydrogen-bond acceptors (Lipinski definition) is 5. The third-order valence-electron chi connectivity index (χ3n) is 3.78. The number of anilines is 1. The highest BCUT2D eigenvalue weighted by Crippen LogP contribution is 2.33. The first-order valence-electron chi connectivity index (χ1n) is 8.13. The van der Waals surface area contributed by atoms with E-state index in [1.807, 2.05) is 4.72 Å². The lowest BCUT2D eigenvalue weighted by Crippen LogP contribution is -2.42. The summed E-state index contributed by atoms with van der Waals surface area (Å²) in [5, 5.41) is 2.40. The number of benzene rings is 2. The smallest absolute Gasteiger partial charge is 0.417 e. The Balaban J connectivity index is 2.14. The molecule has 0 aliphatic rings. The van der Waals surface area contributed by atoms with Gasteiger partial charge in [-0.1, -0.05) is 12.1 Å². The molecule has 0 unspecified atom stereocenters. The number of alkyl halides is 3. The number of carbonyl (C=O) groups excluding carboxylic acids is 2. The number of ether oxygens (including phenoxy) is 1. The summed E-state index contributed by atoms with van der Waals surface area (Å²) >= 11 is 0. The van der Waals surface area contributed by atoms with Gasteiger partial charge in [-0.15, -0.1) is 0 Å². The van der Waals surface area contributed by atoms with Gasteiger partial charge < -0.3 is 10.1 Å². The van der Waals surface area contributed by atoms with Gasteiger partial charge in [-0.05, 0) is 43.3 Å². The predicted molar refractivity (Wildman–Crippen MR) is 97.6 cm³/mol. The molecule has 2 N–H and O–H groups in total. The molecule has 156 valence electrons. The zero-order chi connectivity index (χ0) is 21.8. The van der Waals surface area contributed by atoms with Crippen LogP contribution in [0.1, 0.15) is 22.8 Å². The van der Waals surface area contributed by atoms with Gasteiger partial charge in [0, 0.05) is 5.69 Å². The van der Waals surface area contributed by atoms with E-state index in [0.29, 0.717) is 6.07 Å². The Hall–Kier alpha value is -2.92. The van der Waals surface area contributed by atoms with E-state index in [2.05, 4.69) is 10.1 Å². The van der Waals surface area contributed by atoms with Gasteiger partial charge in [-0.2, -0.15) is 17.9 Å². The van der Waals surface area contributed by atoms with Crippen molar-refractivity contribution in [1.82, 2.24) is 4.72 Å². The maximum Gasteiger partial charge on any atom is 0.417 e. The molecule has 0 spiro atoms. The van der Waals surface area contributed by atoms with Crippen LogP contribution in [0.15, 0.2) is 53.4 Å². The van der Waals surface area contributed by atoms with Crippen LogP contribution in [0.5, 0.6) is 0 Å². The Kier molecular flexibility index (Phi) is 6.65. The summed E-state index contributed by atoms with van der Waals surface area (Å²) < 4.78 is 70.4. The van der Waals surface area contributed by atoms with Gasteiger partial charge in [-0.25, -0.2) is 13.2 Å². The summed E-state index contributed by atoms with van der Waals surface area (Å²) in [4.78, 5) is 22.6. The molecule has 2 aromatic carbocycles. The number of carbonyl (C=O) groups is 2. The summed E-state index contributed by atoms with van der Waals surface area (Å²) in [6.45, 7) is 1.19. The Morgan fingerprint density at radius 1 is 1.03 bits per heavy atom. The maximum absolute atomic E-state index is 13.1. The first-order chi connectivity index (χ1) is 13.5. The van der Waals surface area contributed by atoms with Crippen molar-refractivity contribution in [2.75, 3.05) is 12.4 Å². The van der Waals surface area contributed by atoms with Crippen molar-refractivity contribution < 1.29 is 35.9 Å². The lowest BCUT2D eigenvalue weighted by molar-refractivity contribution is -0.139. The largest absolute Gasteiger partial charge is 0.465 e. The van der Waals surface area contributed by atoms with Crippen LogP contribution >= 0.6 is 0 Å². The maximum atomic E-state index is 13.1. The van der Waals surface area contributed by atoms with Crippen LogP contribution in [0, 0.1) is 0 Å². The zero-order valence-electron chi connectivity index (χ0n) is 15.3. The van der Waals surface area contributed by atoms with E-state index in [-0.39, 0.29) is 11.3 Å². The molecular formula is C18H17F3N2O5S. The monoisotopic (exact) mass is 430 g/mol. The van der Waals surface area contributed by atoms with Crippen molar-refractivity contribution in [3.05, 3.63) is 59.7 Å². The Morgan fingerprint density at radius 3 is 2.17 bits per heavy atom. The summed E-state index contributed by atoms with van der Waals surface area (Å²) in [6.07, 6.45) is -4.88. The fraction of sp³-hybridized carbons (Fsp3) is 0.222. The Bertz CT molecular complexity index is 1000. The van der Waals surface area contributed by atoms with E-state index in [1.165, 1.54) is 38.3 Å². The van der Waals surface area contributed by atoms with Gasteiger partial charge in [0.25, 0.3) is 0 Å². The molecule has 11 heteroatoms. The third kappa shape index (κ3) is 5.55. The number of nitrogens with one attached hydrogen (secondary N) is 2. The molecule has 0 bridgehead atoms. The highest BCUT2D eigenvalue weighted by Gasteiger charge is 2.37. The van der Waals surface area contributed by atoms with Gasteiger partial charge in [0.2, 0.25) is 15.9 Å². The van der Waals surface area contributed by atoms with Crippen LogP contribution in [0.4, 0.5) is 18.9 Å². The minimum atomic E-state index is -4.88. The van der Waals surface area contributed by atoms with E-state index >= 15 is 0 Å². The molecule has 0 heterocycles. The number of sulfonamides is 1. The van der Waals surface area contributed by atoms with E-state index in [4.69, 9.17) is 0 Å². The molecule has 0 saturated carbocycles. The van der Waals surface area contributed by atoms with Gasteiger partial charge in [0.05, 0.1) is 29.2 Å². The van der Waals surface area contributed by atoms with Gasteiger partial charge in [0.1, 0.15) is 0 Å². The molecule has 0 fully saturated rings. The molecule has 2 aromatic rings. The zero-order valence-corrected chi connectivity index (χ0v) is 16.1. The highest BCUT2D eigenvalue weighted by molar-refractivity contribution is 7.89. The second kappa shape index (κ2) is 8.62. The summed E-state index contributed by atoms with van der Waals surface area (Å²) in [5.41, 5.74) is -0.842. The van der Waals surface area contributed by atoms with Crippen molar-refractivity contribution in [3.63, 3.8) is 0 Å². The van der Waals surface area contributed by atoms with Crippen LogP contribution < -0.4 is 10.0 Å². The fourth-order valence-corrected chi connectivity index (χ4v) is 3.77. The van der Waals surface area contributed by atoms with E-state index < -0.39 is 44.6 Å². The van der Waals surface area contributed by atoms with Crippen LogP contribution in [0.25, 0.3) is 0 Å². The molecule has 0 saturated heterocycles. The molecule has 1 atom stereocenters. The average molecular weight is 430 g/mol. The van der Waals surface area contributed by atoms with Gasteiger partial charge in [-0.3, -0.25) is 4.79 Å². The molecule has 0 aliphatic heterocycles. The number of halogens is 3. The minimum absolute atomic E-state index is 0.239. The normalized spacial score (nSPS) is 12.9. The van der Waals surface area contributed by atoms with E-state index in [9.17, 15) is 31.2 Å². The fourth-order valence-electron chi connectivity index (χ4n) is 2.34. The summed E-state index contributed by atoms with van der Waals surface area (Å²) in [7, 11) is -3.41. The molecule has 0 aromatic heterocycles. The molecule has 7 nitrogen and oxygen atoms in total. The molecule has 29 heavy (non-hydrogen) atoms. The number of methoxy groups -OCH3 is 1. The third-order valence-corrected chi connectivity index (χ3v) is 5.38. The predicted octanol–water partition coefficient (Wildman–Crippen LogP) is 2.80. The molecule has 1 amide bonds. The average Bonchev–Trinajstić information content (AvgIpc) is 2.67. The molecule has 2 rings (SSSR count). The van der Waals surface area contributed by atoms with Crippen LogP contribution in [0.2, 0.25) is 0 Å². The van der Waals surface area contributed by atoms with Crippen molar-refractivity contribution in [2.45, 2.75) is 24.0 Å². The topological polar surface area (TPSA) is 102 Å². The quantitative estimate of drug-likeness (QED) is 0.687. The minimum Gasteiger partial charge on any atom is -0.465 e. The van der Waals surface area contributed by atoms with E-state index in [0.717, 1.165) is 18.2 Å². The lowest BCUT2D eigenvalue weighted by Gasteiger charge is -2.17. The Morgan fingerprint density at radius 2 is 1.62 bits per heavy atom. The van der Waals surface area contributed by atoms with Crippen molar-refractivity contribution in [1.29, 1.82) is 0 Å². The van der Waals surface area contributed by atoms with Crippen LogP contribution in [-0.2, 0) is 25.7 Å². The van der Waals surface area contributed by atoms with E-state index in [1.54, 1.807) is 0 Å². The SMILES string of the molecule is COC(=O)c1ccc(NC(=O)[C@H](C)NS(=O)(=O)c2ccccc2C(F)(F)F)cc1. The second-order valence-corrected chi connectivity index (χ2v) is 7.58. The lowest BCUT2D eigenvalue weighted by atomic mass is 10.2. The van der Waals surface area contributed by atoms with Crippen LogP contribution in [-0.4, -0.2) is 33.4 Å². The molecule has 0 radical (unpaired) electrons. The molecule has 0 aliphatic carbocycles. The summed E-state index contributed by atoms with van der Waals surface area (Å²) in [6, 6.07) is 7.85. The van der Waals surface area contributed by atoms with Crippen molar-refractivity contribution in [2.24, 2.45) is 0 Å². The van der Waals surface area contributed by atoms with Gasteiger partial charge in [0.15, 0.2) is 0 Å². The summed E-state index contributed by atoms with van der Waals surface area (Å²) in [5.74, 6) is -1.38. The second-order valence-electron chi connectivity index (χ2n) is 5.90. The number of hydrogen-bond donors (Lipinski definition) is 2. The number of esters is 1. The highest BCUT2D eigenvalue weighted by atomic mass is 32.2. The Labute approximate surface area is 164 Å². The number of rotatable bonds is 6. The molecular weight excluding hydrogens is 413 g/mol. The first-order valence-corrected chi connectivity index (χ1v) is 9.62. The first kappa shape index (κ1) is 22.4. The van der Waals surface area contributed by atoms with Gasteiger partial charge >= 0.3 is 12.1 Å². The number of amides is 1. The van der Waals surface area contributed by atoms with Crippen LogP contribution in [0.3, 0.4) is 0 Å². The van der Waals surface area contributed by atoms with Crippen molar-refractivity contribution in [3.8, 4) is 0 Å². The van der Waals surface area contributed by atoms with Crippen molar-refractivity contribution >= 4 is 27.6 Å². The standard InChI is InChI=1S/C18H17F3N2O5S/c1-11(16(24)22-13-9-7-12(8-10-13)17(25)28-2)23-29(26,27)15-6-4-3-5-14(15)18(19,20)21/h3-11,23H,1-2H3,(H,22,24)/t11-/m0/s1.